The van der Waals surface area contributed by atoms with Crippen LogP contribution in [-0.2, 0) is 4.74 Å². The van der Waals surface area contributed by atoms with Crippen LogP contribution < -0.4 is 10.6 Å². The molecule has 0 aromatic carbocycles. The number of methoxy groups -OCH3 is 1. The van der Waals surface area contributed by atoms with Crippen LogP contribution in [0.5, 0.6) is 0 Å². The summed E-state index contributed by atoms with van der Waals surface area (Å²) in [6.45, 7) is 5.47. The van der Waals surface area contributed by atoms with Crippen molar-refractivity contribution in [3.05, 3.63) is 18.7 Å². The first-order valence-corrected chi connectivity index (χ1v) is 6.96. The van der Waals surface area contributed by atoms with E-state index in [4.69, 9.17) is 4.74 Å². The molecule has 2 heterocycles. The Labute approximate surface area is 124 Å². The summed E-state index contributed by atoms with van der Waals surface area (Å²) in [5, 5.41) is 6.38. The van der Waals surface area contributed by atoms with Gasteiger partial charge in [-0.3, -0.25) is 4.57 Å². The average molecular weight is 291 g/mol. The maximum Gasteiger partial charge on any atom is 0.241 e. The summed E-state index contributed by atoms with van der Waals surface area (Å²) in [5.41, 5.74) is 0. The standard InChI is InChI=1S/C13H21N7O/c1-4-5-15-11-17-12(16-10(2)8-21-3)19-13(18-11)20-7-6-14-9-20/h6-7,9-10H,4-5,8H2,1-3H3,(H2,15,16,17,18,19). The Morgan fingerprint density at radius 3 is 2.76 bits per heavy atom. The van der Waals surface area contributed by atoms with Crippen molar-refractivity contribution in [3.8, 4) is 5.95 Å². The van der Waals surface area contributed by atoms with Crippen LogP contribution in [-0.4, -0.2) is 50.8 Å². The third-order valence-corrected chi connectivity index (χ3v) is 2.68. The zero-order valence-electron chi connectivity index (χ0n) is 12.6. The summed E-state index contributed by atoms with van der Waals surface area (Å²) in [6.07, 6.45) is 6.13. The molecule has 8 heteroatoms. The molecule has 0 aliphatic rings. The van der Waals surface area contributed by atoms with E-state index < -0.39 is 0 Å². The van der Waals surface area contributed by atoms with E-state index >= 15 is 0 Å². The Hall–Kier alpha value is -2.22. The van der Waals surface area contributed by atoms with Gasteiger partial charge in [-0.1, -0.05) is 6.92 Å². The maximum absolute atomic E-state index is 5.11. The second-order valence-electron chi connectivity index (χ2n) is 4.68. The fourth-order valence-corrected chi connectivity index (χ4v) is 1.75. The van der Waals surface area contributed by atoms with Crippen molar-refractivity contribution in [3.63, 3.8) is 0 Å². The molecule has 0 spiro atoms. The van der Waals surface area contributed by atoms with Gasteiger partial charge in [0.1, 0.15) is 6.33 Å². The molecule has 1 atom stereocenters. The summed E-state index contributed by atoms with van der Waals surface area (Å²) < 4.78 is 6.85. The molecule has 2 rings (SSSR count). The summed E-state index contributed by atoms with van der Waals surface area (Å²) in [6, 6.07) is 0.104. The number of anilines is 2. The van der Waals surface area contributed by atoms with Crippen LogP contribution in [0.1, 0.15) is 20.3 Å². The monoisotopic (exact) mass is 291 g/mol. The third kappa shape index (κ3) is 4.38. The topological polar surface area (TPSA) is 89.8 Å². The minimum absolute atomic E-state index is 0.104. The normalized spacial score (nSPS) is 12.1. The summed E-state index contributed by atoms with van der Waals surface area (Å²) in [7, 11) is 1.66. The largest absolute Gasteiger partial charge is 0.383 e. The predicted octanol–water partition coefficient (Wildman–Crippen LogP) is 1.33. The highest BCUT2D eigenvalue weighted by Crippen LogP contribution is 2.10. The summed E-state index contributed by atoms with van der Waals surface area (Å²) in [5.74, 6) is 1.58. The molecule has 0 bridgehead atoms. The van der Waals surface area contributed by atoms with E-state index in [1.165, 1.54) is 0 Å². The molecule has 21 heavy (non-hydrogen) atoms. The highest BCUT2D eigenvalue weighted by atomic mass is 16.5. The molecule has 0 aliphatic carbocycles. The Morgan fingerprint density at radius 2 is 2.10 bits per heavy atom. The van der Waals surface area contributed by atoms with Crippen LogP contribution in [0.4, 0.5) is 11.9 Å². The number of hydrogen-bond acceptors (Lipinski definition) is 7. The van der Waals surface area contributed by atoms with Gasteiger partial charge in [0.2, 0.25) is 17.8 Å². The van der Waals surface area contributed by atoms with Gasteiger partial charge >= 0.3 is 0 Å². The molecule has 0 saturated heterocycles. The molecule has 114 valence electrons. The molecule has 0 amide bonds. The van der Waals surface area contributed by atoms with E-state index in [9.17, 15) is 0 Å². The number of rotatable bonds is 8. The smallest absolute Gasteiger partial charge is 0.241 e. The van der Waals surface area contributed by atoms with Crippen LogP contribution in [0.15, 0.2) is 18.7 Å². The third-order valence-electron chi connectivity index (χ3n) is 2.68. The van der Waals surface area contributed by atoms with Gasteiger partial charge in [-0.05, 0) is 13.3 Å². The van der Waals surface area contributed by atoms with E-state index in [0.29, 0.717) is 24.5 Å². The fraction of sp³-hybridized carbons (Fsp3) is 0.538. The molecule has 1 unspecified atom stereocenters. The second kappa shape index (κ2) is 7.53. The molecule has 0 radical (unpaired) electrons. The number of ether oxygens (including phenoxy) is 1. The van der Waals surface area contributed by atoms with Gasteiger partial charge in [0.15, 0.2) is 0 Å². The van der Waals surface area contributed by atoms with Crippen molar-refractivity contribution in [1.29, 1.82) is 0 Å². The van der Waals surface area contributed by atoms with Crippen LogP contribution in [0, 0.1) is 0 Å². The highest BCUT2D eigenvalue weighted by molar-refractivity contribution is 5.38. The van der Waals surface area contributed by atoms with Crippen molar-refractivity contribution in [2.24, 2.45) is 0 Å². The van der Waals surface area contributed by atoms with Gasteiger partial charge in [-0.2, -0.15) is 15.0 Å². The molecule has 8 nitrogen and oxygen atoms in total. The first-order valence-electron chi connectivity index (χ1n) is 6.96. The van der Waals surface area contributed by atoms with Crippen molar-refractivity contribution >= 4 is 11.9 Å². The van der Waals surface area contributed by atoms with E-state index in [0.717, 1.165) is 13.0 Å². The number of hydrogen-bond donors (Lipinski definition) is 2. The maximum atomic E-state index is 5.11. The van der Waals surface area contributed by atoms with Crippen LogP contribution in [0.25, 0.3) is 5.95 Å². The fourth-order valence-electron chi connectivity index (χ4n) is 1.75. The lowest BCUT2D eigenvalue weighted by Crippen LogP contribution is -2.23. The van der Waals surface area contributed by atoms with Crippen molar-refractivity contribution in [2.75, 3.05) is 30.9 Å². The SMILES string of the molecule is CCCNc1nc(NC(C)COC)nc(-n2ccnc2)n1. The van der Waals surface area contributed by atoms with Gasteiger partial charge in [-0.15, -0.1) is 0 Å². The van der Waals surface area contributed by atoms with Crippen LogP contribution in [0.3, 0.4) is 0 Å². The number of nitrogens with zero attached hydrogens (tertiary/aromatic N) is 5. The molecule has 0 fully saturated rings. The molecule has 2 N–H and O–H groups in total. The molecule has 0 aliphatic heterocycles. The van der Waals surface area contributed by atoms with Crippen molar-refractivity contribution in [1.82, 2.24) is 24.5 Å². The van der Waals surface area contributed by atoms with Gasteiger partial charge in [0.25, 0.3) is 0 Å². The lowest BCUT2D eigenvalue weighted by atomic mass is 10.4. The Kier molecular flexibility index (Phi) is 5.44. The van der Waals surface area contributed by atoms with Crippen molar-refractivity contribution in [2.45, 2.75) is 26.3 Å². The van der Waals surface area contributed by atoms with E-state index in [1.54, 1.807) is 30.4 Å². The molecule has 2 aromatic rings. The lowest BCUT2D eigenvalue weighted by molar-refractivity contribution is 0.190. The summed E-state index contributed by atoms with van der Waals surface area (Å²) >= 11 is 0. The second-order valence-corrected chi connectivity index (χ2v) is 4.68. The first kappa shape index (κ1) is 15.2. The van der Waals surface area contributed by atoms with E-state index in [1.807, 2.05) is 6.92 Å². The van der Waals surface area contributed by atoms with E-state index in [2.05, 4.69) is 37.5 Å². The Balaban J connectivity index is 2.24. The number of aromatic nitrogens is 5. The summed E-state index contributed by atoms with van der Waals surface area (Å²) in [4.78, 5) is 17.2. The van der Waals surface area contributed by atoms with Gasteiger partial charge in [0.05, 0.1) is 6.61 Å². The van der Waals surface area contributed by atoms with Crippen LogP contribution >= 0.6 is 0 Å². The average Bonchev–Trinajstić information content (AvgIpc) is 2.99. The zero-order valence-corrected chi connectivity index (χ0v) is 12.6. The Morgan fingerprint density at radius 1 is 1.29 bits per heavy atom. The zero-order chi connectivity index (χ0) is 15.1. The molecule has 0 saturated carbocycles. The number of imidazole rings is 1. The minimum atomic E-state index is 0.104. The Bertz CT molecular complexity index is 543. The van der Waals surface area contributed by atoms with Gasteiger partial charge in [0, 0.05) is 32.1 Å². The molecular formula is C13H21N7O. The van der Waals surface area contributed by atoms with Crippen molar-refractivity contribution < 1.29 is 4.74 Å². The minimum Gasteiger partial charge on any atom is -0.383 e. The molecular weight excluding hydrogens is 270 g/mol. The molecule has 2 aromatic heterocycles. The first-order chi connectivity index (χ1) is 10.2. The van der Waals surface area contributed by atoms with Crippen LogP contribution in [0.2, 0.25) is 0 Å². The predicted molar refractivity (Wildman–Crippen MR) is 80.7 cm³/mol. The van der Waals surface area contributed by atoms with Gasteiger partial charge < -0.3 is 15.4 Å². The van der Waals surface area contributed by atoms with E-state index in [-0.39, 0.29) is 6.04 Å². The van der Waals surface area contributed by atoms with Gasteiger partial charge in [-0.25, -0.2) is 4.98 Å². The lowest BCUT2D eigenvalue weighted by Gasteiger charge is -2.14. The highest BCUT2D eigenvalue weighted by Gasteiger charge is 2.10. The number of nitrogens with one attached hydrogen (secondary N) is 2. The quantitative estimate of drug-likeness (QED) is 0.758.